The molecule has 0 spiro atoms. The normalized spacial score (nSPS) is 15.3. The number of hydrogen-bond acceptors (Lipinski definition) is 2. The molecule has 3 rings (SSSR count). The summed E-state index contributed by atoms with van der Waals surface area (Å²) >= 11 is 0. The molecular weight excluding hydrogens is 282 g/mol. The van der Waals surface area contributed by atoms with E-state index < -0.39 is 0 Å². The number of aryl methyl sites for hydroxylation is 1. The van der Waals surface area contributed by atoms with Crippen LogP contribution in [0.1, 0.15) is 48.0 Å². The lowest BCUT2D eigenvalue weighted by Gasteiger charge is -2.36. The summed E-state index contributed by atoms with van der Waals surface area (Å²) in [4.78, 5) is 15.0. The van der Waals surface area contributed by atoms with Crippen LogP contribution in [-0.4, -0.2) is 18.4 Å². The minimum Gasteiger partial charge on any atom is -0.361 e. The first-order valence-electron chi connectivity index (χ1n) is 8.65. The number of hydrogen-bond donors (Lipinski definition) is 0. The van der Waals surface area contributed by atoms with Crippen molar-refractivity contribution in [2.24, 2.45) is 0 Å². The van der Waals surface area contributed by atoms with Gasteiger partial charge in [-0.05, 0) is 37.5 Å². The van der Waals surface area contributed by atoms with Gasteiger partial charge < -0.3 is 4.90 Å². The van der Waals surface area contributed by atoms with Crippen molar-refractivity contribution in [2.75, 3.05) is 11.4 Å². The average Bonchev–Trinajstić information content (AvgIpc) is 2.61. The molecule has 0 saturated heterocycles. The molecule has 0 radical (unpaired) electrons. The first-order valence-corrected chi connectivity index (χ1v) is 8.65. The third-order valence-electron chi connectivity index (χ3n) is 4.76. The Hall–Kier alpha value is -2.09. The van der Waals surface area contributed by atoms with Crippen molar-refractivity contribution in [2.45, 2.75) is 45.1 Å². The zero-order valence-corrected chi connectivity index (χ0v) is 13.9. The highest BCUT2D eigenvalue weighted by Crippen LogP contribution is 2.28. The minimum atomic E-state index is 0.206. The topological polar surface area (TPSA) is 20.3 Å². The number of nitrogens with zero attached hydrogens (tertiary/aromatic N) is 1. The second kappa shape index (κ2) is 7.45. The van der Waals surface area contributed by atoms with E-state index in [2.05, 4.69) is 36.1 Å². The molecule has 120 valence electrons. The van der Waals surface area contributed by atoms with Gasteiger partial charge in [0.1, 0.15) is 0 Å². The molecule has 2 aromatic rings. The van der Waals surface area contributed by atoms with Gasteiger partial charge in [0, 0.05) is 17.3 Å². The predicted octanol–water partition coefficient (Wildman–Crippen LogP) is 5.02. The van der Waals surface area contributed by atoms with Crippen LogP contribution in [0.3, 0.4) is 0 Å². The maximum absolute atomic E-state index is 12.7. The third-order valence-corrected chi connectivity index (χ3v) is 4.76. The van der Waals surface area contributed by atoms with E-state index in [1.54, 1.807) is 0 Å². The SMILES string of the molecule is Cc1cccc(N(CC(=O)c2ccccc2)C2CCCCC2)c1. The van der Waals surface area contributed by atoms with E-state index in [0.29, 0.717) is 12.6 Å². The van der Waals surface area contributed by atoms with Crippen molar-refractivity contribution in [3.8, 4) is 0 Å². The van der Waals surface area contributed by atoms with Crippen LogP contribution < -0.4 is 4.90 Å². The van der Waals surface area contributed by atoms with Crippen LogP contribution in [0.5, 0.6) is 0 Å². The molecule has 0 N–H and O–H groups in total. The van der Waals surface area contributed by atoms with E-state index in [4.69, 9.17) is 0 Å². The average molecular weight is 307 g/mol. The molecule has 1 saturated carbocycles. The van der Waals surface area contributed by atoms with Crippen molar-refractivity contribution >= 4 is 11.5 Å². The Kier molecular flexibility index (Phi) is 5.12. The molecule has 2 aromatic carbocycles. The molecule has 0 unspecified atom stereocenters. The second-order valence-electron chi connectivity index (χ2n) is 6.55. The van der Waals surface area contributed by atoms with E-state index in [-0.39, 0.29) is 5.78 Å². The van der Waals surface area contributed by atoms with Crippen molar-refractivity contribution in [3.63, 3.8) is 0 Å². The third kappa shape index (κ3) is 4.01. The fourth-order valence-corrected chi connectivity index (χ4v) is 3.50. The Morgan fingerprint density at radius 3 is 2.43 bits per heavy atom. The number of rotatable bonds is 5. The van der Waals surface area contributed by atoms with E-state index in [9.17, 15) is 4.79 Å². The fourth-order valence-electron chi connectivity index (χ4n) is 3.50. The molecule has 0 aliphatic heterocycles. The van der Waals surface area contributed by atoms with Crippen LogP contribution in [0.4, 0.5) is 5.69 Å². The van der Waals surface area contributed by atoms with Gasteiger partial charge in [-0.2, -0.15) is 0 Å². The van der Waals surface area contributed by atoms with E-state index in [0.717, 1.165) is 5.56 Å². The zero-order valence-electron chi connectivity index (χ0n) is 13.9. The molecule has 2 nitrogen and oxygen atoms in total. The maximum atomic E-state index is 12.7. The highest BCUT2D eigenvalue weighted by Gasteiger charge is 2.24. The highest BCUT2D eigenvalue weighted by molar-refractivity contribution is 5.99. The van der Waals surface area contributed by atoms with Crippen LogP contribution >= 0.6 is 0 Å². The maximum Gasteiger partial charge on any atom is 0.182 e. The molecule has 1 aliphatic rings. The molecule has 0 amide bonds. The highest BCUT2D eigenvalue weighted by atomic mass is 16.1. The monoisotopic (exact) mass is 307 g/mol. The molecule has 0 heterocycles. The quantitative estimate of drug-likeness (QED) is 0.723. The molecule has 0 aromatic heterocycles. The van der Waals surface area contributed by atoms with Crippen LogP contribution in [0, 0.1) is 6.92 Å². The summed E-state index contributed by atoms with van der Waals surface area (Å²) in [5.41, 5.74) is 3.23. The van der Waals surface area contributed by atoms with Gasteiger partial charge in [-0.25, -0.2) is 0 Å². The lowest BCUT2D eigenvalue weighted by atomic mass is 9.93. The van der Waals surface area contributed by atoms with Gasteiger partial charge in [-0.3, -0.25) is 4.79 Å². The molecule has 1 fully saturated rings. The Morgan fingerprint density at radius 2 is 1.74 bits per heavy atom. The standard InChI is InChI=1S/C21H25NO/c1-17-9-8-14-20(15-17)22(19-12-6-3-7-13-19)16-21(23)18-10-4-2-5-11-18/h2,4-5,8-11,14-15,19H,3,6-7,12-13,16H2,1H3. The van der Waals surface area contributed by atoms with Gasteiger partial charge >= 0.3 is 0 Å². The number of anilines is 1. The first-order chi connectivity index (χ1) is 11.2. The van der Waals surface area contributed by atoms with Crippen LogP contribution in [0.25, 0.3) is 0 Å². The summed E-state index contributed by atoms with van der Waals surface area (Å²) in [6.07, 6.45) is 6.25. The summed E-state index contributed by atoms with van der Waals surface area (Å²) < 4.78 is 0. The van der Waals surface area contributed by atoms with E-state index in [1.807, 2.05) is 30.3 Å². The summed E-state index contributed by atoms with van der Waals surface area (Å²) in [7, 11) is 0. The van der Waals surface area contributed by atoms with Gasteiger partial charge in [0.25, 0.3) is 0 Å². The number of carbonyl (C=O) groups excluding carboxylic acids is 1. The lowest BCUT2D eigenvalue weighted by molar-refractivity contribution is 0.0995. The summed E-state index contributed by atoms with van der Waals surface area (Å²) in [5, 5.41) is 0. The zero-order chi connectivity index (χ0) is 16.1. The summed E-state index contributed by atoms with van der Waals surface area (Å²) in [5.74, 6) is 0.206. The number of Topliss-reactive ketones (excluding diaryl/α,β-unsaturated/α-hetero) is 1. The van der Waals surface area contributed by atoms with Gasteiger partial charge in [0.15, 0.2) is 5.78 Å². The number of benzene rings is 2. The second-order valence-corrected chi connectivity index (χ2v) is 6.55. The van der Waals surface area contributed by atoms with Crippen molar-refractivity contribution in [1.82, 2.24) is 0 Å². The van der Waals surface area contributed by atoms with Gasteiger partial charge in [-0.1, -0.05) is 61.7 Å². The van der Waals surface area contributed by atoms with E-state index in [1.165, 1.54) is 43.4 Å². The van der Waals surface area contributed by atoms with Crippen molar-refractivity contribution < 1.29 is 4.79 Å². The predicted molar refractivity (Wildman–Crippen MR) is 96.2 cm³/mol. The largest absolute Gasteiger partial charge is 0.361 e. The van der Waals surface area contributed by atoms with Crippen LogP contribution in [0.2, 0.25) is 0 Å². The Morgan fingerprint density at radius 1 is 1.00 bits per heavy atom. The van der Waals surface area contributed by atoms with Gasteiger partial charge in [0.2, 0.25) is 0 Å². The van der Waals surface area contributed by atoms with Crippen molar-refractivity contribution in [1.29, 1.82) is 0 Å². The van der Waals surface area contributed by atoms with Gasteiger partial charge in [-0.15, -0.1) is 0 Å². The first kappa shape index (κ1) is 15.8. The van der Waals surface area contributed by atoms with Gasteiger partial charge in [0.05, 0.1) is 6.54 Å². The van der Waals surface area contributed by atoms with Crippen LogP contribution in [0.15, 0.2) is 54.6 Å². The molecule has 2 heteroatoms. The molecular formula is C21H25NO. The molecule has 0 atom stereocenters. The number of ketones is 1. The Bertz CT molecular complexity index is 644. The summed E-state index contributed by atoms with van der Waals surface area (Å²) in [6, 6.07) is 18.7. The Balaban J connectivity index is 1.84. The number of carbonyl (C=O) groups is 1. The minimum absolute atomic E-state index is 0.206. The summed E-state index contributed by atoms with van der Waals surface area (Å²) in [6.45, 7) is 2.58. The lowest BCUT2D eigenvalue weighted by Crippen LogP contribution is -2.40. The molecule has 23 heavy (non-hydrogen) atoms. The molecule has 0 bridgehead atoms. The van der Waals surface area contributed by atoms with Crippen molar-refractivity contribution in [3.05, 3.63) is 65.7 Å². The Labute approximate surface area is 139 Å². The van der Waals surface area contributed by atoms with Crippen LogP contribution in [-0.2, 0) is 0 Å². The fraction of sp³-hybridized carbons (Fsp3) is 0.381. The molecule has 1 aliphatic carbocycles. The van der Waals surface area contributed by atoms with E-state index >= 15 is 0 Å². The smallest absolute Gasteiger partial charge is 0.182 e.